The predicted molar refractivity (Wildman–Crippen MR) is 50.2 cm³/mol. The number of hydrogen-bond acceptors (Lipinski definition) is 6. The molecule has 0 saturated heterocycles. The van der Waals surface area contributed by atoms with E-state index in [2.05, 4.69) is 9.97 Å². The average molecular weight is 200 g/mol. The lowest BCUT2D eigenvalue weighted by Gasteiger charge is -2.05. The number of thioether (sulfide) groups is 1. The van der Waals surface area contributed by atoms with Crippen molar-refractivity contribution in [3.63, 3.8) is 0 Å². The molecular formula is C6H9BN2O3S. The van der Waals surface area contributed by atoms with Gasteiger partial charge in [0.2, 0.25) is 0 Å². The fraction of sp³-hybridized carbons (Fsp3) is 0.333. The maximum Gasteiger partial charge on any atom is 0.492 e. The lowest BCUT2D eigenvalue weighted by atomic mass is 9.83. The Morgan fingerprint density at radius 3 is 2.69 bits per heavy atom. The van der Waals surface area contributed by atoms with E-state index in [-0.39, 0.29) is 11.5 Å². The molecule has 0 bridgehead atoms. The minimum atomic E-state index is -1.55. The lowest BCUT2D eigenvalue weighted by Crippen LogP contribution is -2.32. The molecule has 0 aliphatic rings. The molecular weight excluding hydrogens is 191 g/mol. The number of rotatable bonds is 3. The maximum atomic E-state index is 8.92. The maximum absolute atomic E-state index is 8.92. The molecule has 0 aliphatic heterocycles. The second kappa shape index (κ2) is 4.45. The molecule has 0 saturated carbocycles. The van der Waals surface area contributed by atoms with Crippen LogP contribution in [-0.4, -0.2) is 40.5 Å². The normalized spacial score (nSPS) is 9.85. The highest BCUT2D eigenvalue weighted by Crippen LogP contribution is 2.11. The summed E-state index contributed by atoms with van der Waals surface area (Å²) in [5.41, 5.74) is 0.285. The smallest absolute Gasteiger partial charge is 0.467 e. The van der Waals surface area contributed by atoms with Gasteiger partial charge in [0, 0.05) is 11.7 Å². The summed E-state index contributed by atoms with van der Waals surface area (Å²) in [5, 5.41) is 18.3. The van der Waals surface area contributed by atoms with Crippen LogP contribution >= 0.6 is 11.8 Å². The molecule has 0 aromatic carbocycles. The zero-order valence-corrected chi connectivity index (χ0v) is 8.08. The van der Waals surface area contributed by atoms with E-state index in [4.69, 9.17) is 14.8 Å². The van der Waals surface area contributed by atoms with Crippen molar-refractivity contribution in [2.24, 2.45) is 0 Å². The molecule has 13 heavy (non-hydrogen) atoms. The summed E-state index contributed by atoms with van der Waals surface area (Å²) in [6.45, 7) is 0. The Morgan fingerprint density at radius 2 is 2.23 bits per heavy atom. The summed E-state index contributed by atoms with van der Waals surface area (Å²) in [6, 6.07) is 0.216. The van der Waals surface area contributed by atoms with Crippen molar-refractivity contribution in [3.8, 4) is 6.01 Å². The third-order valence-corrected chi connectivity index (χ3v) is 2.13. The quantitative estimate of drug-likeness (QED) is 0.366. The number of hydrogen-bond donors (Lipinski definition) is 2. The molecule has 1 rings (SSSR count). The highest BCUT2D eigenvalue weighted by atomic mass is 32.2. The Kier molecular flexibility index (Phi) is 3.53. The van der Waals surface area contributed by atoms with Crippen LogP contribution < -0.4 is 10.2 Å². The second-order valence-corrected chi connectivity index (χ2v) is 2.99. The number of aromatic nitrogens is 2. The molecule has 1 aromatic heterocycles. The molecule has 0 amide bonds. The first kappa shape index (κ1) is 10.3. The molecule has 1 aromatic rings. The van der Waals surface area contributed by atoms with Crippen molar-refractivity contribution in [2.75, 3.05) is 13.4 Å². The van der Waals surface area contributed by atoms with Gasteiger partial charge in [-0.1, -0.05) is 0 Å². The summed E-state index contributed by atoms with van der Waals surface area (Å²) in [6.07, 6.45) is 3.12. The van der Waals surface area contributed by atoms with Gasteiger partial charge in [-0.25, -0.2) is 4.98 Å². The van der Waals surface area contributed by atoms with Crippen molar-refractivity contribution >= 4 is 24.3 Å². The predicted octanol–water partition coefficient (Wildman–Crippen LogP) is -1.11. The number of methoxy groups -OCH3 is 1. The highest BCUT2D eigenvalue weighted by Gasteiger charge is 2.18. The summed E-state index contributed by atoms with van der Waals surface area (Å²) in [7, 11) is -0.0950. The van der Waals surface area contributed by atoms with Crippen LogP contribution in [0.3, 0.4) is 0 Å². The van der Waals surface area contributed by atoms with E-state index in [0.717, 1.165) is 0 Å². The SMILES string of the molecule is COc1ncc(B(O)O)c(SC)n1. The summed E-state index contributed by atoms with van der Waals surface area (Å²) >= 11 is 1.30. The van der Waals surface area contributed by atoms with Gasteiger partial charge in [0.05, 0.1) is 7.11 Å². The van der Waals surface area contributed by atoms with Gasteiger partial charge in [0.1, 0.15) is 5.03 Å². The third-order valence-electron chi connectivity index (χ3n) is 1.41. The number of ether oxygens (including phenoxy) is 1. The average Bonchev–Trinajstić information content (AvgIpc) is 2.16. The van der Waals surface area contributed by atoms with E-state index in [1.807, 2.05) is 0 Å². The molecule has 1 heterocycles. The lowest BCUT2D eigenvalue weighted by molar-refractivity contribution is 0.375. The van der Waals surface area contributed by atoms with Crippen molar-refractivity contribution in [1.82, 2.24) is 9.97 Å². The van der Waals surface area contributed by atoms with Gasteiger partial charge < -0.3 is 14.8 Å². The van der Waals surface area contributed by atoms with E-state index in [0.29, 0.717) is 5.03 Å². The molecule has 70 valence electrons. The Bertz CT molecular complexity index is 297. The zero-order chi connectivity index (χ0) is 9.84. The van der Waals surface area contributed by atoms with Crippen LogP contribution in [-0.2, 0) is 0 Å². The second-order valence-electron chi connectivity index (χ2n) is 2.19. The molecule has 2 N–H and O–H groups in total. The number of nitrogens with zero attached hydrogens (tertiary/aromatic N) is 2. The van der Waals surface area contributed by atoms with Crippen molar-refractivity contribution in [2.45, 2.75) is 5.03 Å². The molecule has 0 fully saturated rings. The van der Waals surface area contributed by atoms with Gasteiger partial charge in [-0.15, -0.1) is 11.8 Å². The Morgan fingerprint density at radius 1 is 1.54 bits per heavy atom. The first-order valence-corrected chi connectivity index (χ1v) is 4.72. The van der Waals surface area contributed by atoms with E-state index in [9.17, 15) is 0 Å². The molecule has 0 unspecified atom stereocenters. The van der Waals surface area contributed by atoms with Crippen LogP contribution in [0.4, 0.5) is 0 Å². The van der Waals surface area contributed by atoms with Crippen LogP contribution in [0.1, 0.15) is 0 Å². The van der Waals surface area contributed by atoms with E-state index in [1.54, 1.807) is 6.26 Å². The summed E-state index contributed by atoms with van der Waals surface area (Å²) < 4.78 is 4.79. The molecule has 0 aliphatic carbocycles. The topological polar surface area (TPSA) is 75.5 Å². The highest BCUT2D eigenvalue weighted by molar-refractivity contribution is 7.98. The zero-order valence-electron chi connectivity index (χ0n) is 7.26. The molecule has 0 atom stereocenters. The van der Waals surface area contributed by atoms with Gasteiger partial charge in [0.15, 0.2) is 0 Å². The fourth-order valence-electron chi connectivity index (χ4n) is 0.799. The Hall–Kier alpha value is -0.785. The van der Waals surface area contributed by atoms with Gasteiger partial charge in [-0.3, -0.25) is 0 Å². The largest absolute Gasteiger partial charge is 0.492 e. The molecule has 0 spiro atoms. The van der Waals surface area contributed by atoms with Crippen molar-refractivity contribution in [3.05, 3.63) is 6.20 Å². The van der Waals surface area contributed by atoms with Gasteiger partial charge >= 0.3 is 13.1 Å². The van der Waals surface area contributed by atoms with E-state index < -0.39 is 7.12 Å². The minimum absolute atomic E-state index is 0.216. The summed E-state index contributed by atoms with van der Waals surface area (Å²) in [5.74, 6) is 0. The molecule has 7 heteroatoms. The first-order valence-electron chi connectivity index (χ1n) is 3.50. The monoisotopic (exact) mass is 200 g/mol. The van der Waals surface area contributed by atoms with Crippen LogP contribution in [0.15, 0.2) is 11.2 Å². The summed E-state index contributed by atoms with van der Waals surface area (Å²) in [4.78, 5) is 7.70. The van der Waals surface area contributed by atoms with Crippen LogP contribution in [0.2, 0.25) is 0 Å². The van der Waals surface area contributed by atoms with Crippen LogP contribution in [0.25, 0.3) is 0 Å². The van der Waals surface area contributed by atoms with Crippen LogP contribution in [0.5, 0.6) is 6.01 Å². The van der Waals surface area contributed by atoms with Gasteiger partial charge in [-0.2, -0.15) is 4.98 Å². The van der Waals surface area contributed by atoms with Crippen molar-refractivity contribution < 1.29 is 14.8 Å². The minimum Gasteiger partial charge on any atom is -0.467 e. The Balaban J connectivity index is 3.08. The fourth-order valence-corrected chi connectivity index (χ4v) is 1.36. The standard InChI is InChI=1S/C6H9BN2O3S/c1-12-6-8-3-4(7(10)11)5(9-6)13-2/h3,10-11H,1-2H3. The van der Waals surface area contributed by atoms with E-state index >= 15 is 0 Å². The van der Waals surface area contributed by atoms with Crippen LogP contribution in [0, 0.1) is 0 Å². The Labute approximate surface area is 80.3 Å². The first-order chi connectivity index (χ1) is 6.19. The van der Waals surface area contributed by atoms with E-state index in [1.165, 1.54) is 25.1 Å². The van der Waals surface area contributed by atoms with Gasteiger partial charge in [-0.05, 0) is 6.26 Å². The molecule has 5 nitrogen and oxygen atoms in total. The third kappa shape index (κ3) is 2.33. The van der Waals surface area contributed by atoms with Gasteiger partial charge in [0.25, 0.3) is 0 Å². The molecule has 0 radical (unpaired) electrons. The van der Waals surface area contributed by atoms with Crippen molar-refractivity contribution in [1.29, 1.82) is 0 Å².